The molecule has 2 rings (SSSR count). The summed E-state index contributed by atoms with van der Waals surface area (Å²) in [6, 6.07) is 4.84. The average Bonchev–Trinajstić information content (AvgIpc) is 2.45. The van der Waals surface area contributed by atoms with Gasteiger partial charge in [-0.15, -0.1) is 0 Å². The van der Waals surface area contributed by atoms with Gasteiger partial charge in [0.25, 0.3) is 0 Å². The lowest BCUT2D eigenvalue weighted by Crippen LogP contribution is -2.25. The van der Waals surface area contributed by atoms with Gasteiger partial charge in [0.05, 0.1) is 19.1 Å². The third-order valence-electron chi connectivity index (χ3n) is 2.58. The number of amides is 1. The first-order chi connectivity index (χ1) is 7.08. The highest BCUT2D eigenvalue weighted by atomic mass is 16.3. The maximum atomic E-state index is 11.5. The first-order valence-corrected chi connectivity index (χ1v) is 4.86. The molecule has 1 atom stereocenters. The molecule has 0 bridgehead atoms. The van der Waals surface area contributed by atoms with E-state index in [0.717, 1.165) is 11.3 Å². The van der Waals surface area contributed by atoms with Gasteiger partial charge in [-0.1, -0.05) is 0 Å². The van der Waals surface area contributed by atoms with E-state index >= 15 is 0 Å². The Morgan fingerprint density at radius 2 is 2.20 bits per heavy atom. The lowest BCUT2D eigenvalue weighted by molar-refractivity contribution is -0.117. The SMILES string of the molecule is Cc1cc(O)ccc1N1CC(O)CC1=O. The summed E-state index contributed by atoms with van der Waals surface area (Å²) in [6.45, 7) is 2.16. The van der Waals surface area contributed by atoms with Crippen molar-refractivity contribution in [3.8, 4) is 5.75 Å². The van der Waals surface area contributed by atoms with E-state index in [2.05, 4.69) is 0 Å². The zero-order valence-electron chi connectivity index (χ0n) is 8.47. The Kier molecular flexibility index (Phi) is 2.36. The largest absolute Gasteiger partial charge is 0.508 e. The van der Waals surface area contributed by atoms with Gasteiger partial charge in [0.15, 0.2) is 0 Å². The predicted molar refractivity (Wildman–Crippen MR) is 55.8 cm³/mol. The van der Waals surface area contributed by atoms with Gasteiger partial charge in [0.2, 0.25) is 5.91 Å². The van der Waals surface area contributed by atoms with Crippen LogP contribution >= 0.6 is 0 Å². The molecule has 1 aromatic carbocycles. The molecule has 1 aromatic rings. The van der Waals surface area contributed by atoms with Gasteiger partial charge in [-0.2, -0.15) is 0 Å². The quantitative estimate of drug-likeness (QED) is 0.716. The van der Waals surface area contributed by atoms with Crippen LogP contribution in [0.2, 0.25) is 0 Å². The van der Waals surface area contributed by atoms with Crippen LogP contribution in [0.25, 0.3) is 0 Å². The highest BCUT2D eigenvalue weighted by Gasteiger charge is 2.29. The van der Waals surface area contributed by atoms with Crippen LogP contribution in [0.3, 0.4) is 0 Å². The van der Waals surface area contributed by atoms with Crippen molar-refractivity contribution in [2.75, 3.05) is 11.4 Å². The van der Waals surface area contributed by atoms with Gasteiger partial charge in [-0.3, -0.25) is 4.79 Å². The summed E-state index contributed by atoms with van der Waals surface area (Å²) in [5.41, 5.74) is 1.59. The average molecular weight is 207 g/mol. The van der Waals surface area contributed by atoms with Crippen molar-refractivity contribution in [1.29, 1.82) is 0 Å². The lowest BCUT2D eigenvalue weighted by atomic mass is 10.2. The molecule has 4 heteroatoms. The topological polar surface area (TPSA) is 60.8 Å². The number of phenolic OH excluding ortho intramolecular Hbond substituents is 1. The minimum Gasteiger partial charge on any atom is -0.508 e. The Bertz CT molecular complexity index is 403. The monoisotopic (exact) mass is 207 g/mol. The number of rotatable bonds is 1. The molecule has 1 fully saturated rings. The van der Waals surface area contributed by atoms with Crippen molar-refractivity contribution < 1.29 is 15.0 Å². The van der Waals surface area contributed by atoms with Gasteiger partial charge < -0.3 is 15.1 Å². The van der Waals surface area contributed by atoms with Crippen LogP contribution in [0.5, 0.6) is 5.75 Å². The molecule has 1 amide bonds. The predicted octanol–water partition coefficient (Wildman–Crippen LogP) is 0.798. The van der Waals surface area contributed by atoms with Crippen molar-refractivity contribution in [3.63, 3.8) is 0 Å². The second-order valence-electron chi connectivity index (χ2n) is 3.83. The number of β-amino-alcohol motifs (C(OH)–C–C–N with tert-alkyl or cyclic N) is 1. The fraction of sp³-hybridized carbons (Fsp3) is 0.364. The van der Waals surface area contributed by atoms with E-state index in [0.29, 0.717) is 6.54 Å². The second-order valence-corrected chi connectivity index (χ2v) is 3.83. The van der Waals surface area contributed by atoms with Crippen LogP contribution in [-0.4, -0.2) is 28.8 Å². The molecular formula is C11H13NO3. The molecule has 1 saturated heterocycles. The fourth-order valence-corrected chi connectivity index (χ4v) is 1.86. The van der Waals surface area contributed by atoms with Crippen molar-refractivity contribution in [2.24, 2.45) is 0 Å². The van der Waals surface area contributed by atoms with E-state index in [-0.39, 0.29) is 18.1 Å². The number of hydrogen-bond donors (Lipinski definition) is 2. The number of phenols is 1. The Morgan fingerprint density at radius 1 is 1.47 bits per heavy atom. The molecule has 0 radical (unpaired) electrons. The molecule has 80 valence electrons. The molecule has 15 heavy (non-hydrogen) atoms. The van der Waals surface area contributed by atoms with Crippen LogP contribution in [0.4, 0.5) is 5.69 Å². The van der Waals surface area contributed by atoms with Gasteiger partial charge >= 0.3 is 0 Å². The minimum atomic E-state index is -0.578. The molecule has 1 unspecified atom stereocenters. The third-order valence-corrected chi connectivity index (χ3v) is 2.58. The number of aliphatic hydroxyl groups excluding tert-OH is 1. The first-order valence-electron chi connectivity index (χ1n) is 4.86. The molecule has 0 aromatic heterocycles. The lowest BCUT2D eigenvalue weighted by Gasteiger charge is -2.18. The van der Waals surface area contributed by atoms with Gasteiger partial charge in [0, 0.05) is 5.69 Å². The van der Waals surface area contributed by atoms with E-state index in [4.69, 9.17) is 0 Å². The fourth-order valence-electron chi connectivity index (χ4n) is 1.86. The van der Waals surface area contributed by atoms with Crippen molar-refractivity contribution in [1.82, 2.24) is 0 Å². The van der Waals surface area contributed by atoms with Crippen molar-refractivity contribution >= 4 is 11.6 Å². The molecule has 0 spiro atoms. The highest BCUT2D eigenvalue weighted by molar-refractivity contribution is 5.96. The van der Waals surface area contributed by atoms with Crippen LogP contribution < -0.4 is 4.90 Å². The smallest absolute Gasteiger partial charge is 0.229 e. The summed E-state index contributed by atoms with van der Waals surface area (Å²) in [4.78, 5) is 13.1. The molecule has 0 aliphatic carbocycles. The van der Waals surface area contributed by atoms with Gasteiger partial charge in [-0.25, -0.2) is 0 Å². The number of hydrogen-bond acceptors (Lipinski definition) is 3. The Balaban J connectivity index is 2.34. The van der Waals surface area contributed by atoms with Gasteiger partial charge in [0.1, 0.15) is 5.75 Å². The van der Waals surface area contributed by atoms with Crippen LogP contribution in [-0.2, 0) is 4.79 Å². The van der Waals surface area contributed by atoms with Gasteiger partial charge in [-0.05, 0) is 30.7 Å². The summed E-state index contributed by atoms with van der Waals surface area (Å²) in [6.07, 6.45) is -0.397. The first kappa shape index (κ1) is 9.98. The summed E-state index contributed by atoms with van der Waals surface area (Å²) in [7, 11) is 0. The number of nitrogens with zero attached hydrogens (tertiary/aromatic N) is 1. The zero-order valence-corrected chi connectivity index (χ0v) is 8.47. The maximum Gasteiger partial charge on any atom is 0.229 e. The number of benzene rings is 1. The van der Waals surface area contributed by atoms with Crippen LogP contribution in [0, 0.1) is 6.92 Å². The number of aryl methyl sites for hydroxylation is 1. The molecule has 4 nitrogen and oxygen atoms in total. The molecule has 1 heterocycles. The van der Waals surface area contributed by atoms with E-state index in [1.807, 2.05) is 6.92 Å². The number of anilines is 1. The maximum absolute atomic E-state index is 11.5. The normalized spacial score (nSPS) is 21.1. The van der Waals surface area contributed by atoms with Crippen molar-refractivity contribution in [2.45, 2.75) is 19.4 Å². The van der Waals surface area contributed by atoms with E-state index < -0.39 is 6.10 Å². The third kappa shape index (κ3) is 1.80. The number of carbonyl (C=O) groups excluding carboxylic acids is 1. The minimum absolute atomic E-state index is 0.0729. The van der Waals surface area contributed by atoms with E-state index in [9.17, 15) is 15.0 Å². The Labute approximate surface area is 87.8 Å². The summed E-state index contributed by atoms with van der Waals surface area (Å²) >= 11 is 0. The molecule has 0 saturated carbocycles. The Morgan fingerprint density at radius 3 is 2.73 bits per heavy atom. The van der Waals surface area contributed by atoms with Crippen LogP contribution in [0.1, 0.15) is 12.0 Å². The molecular weight excluding hydrogens is 194 g/mol. The summed E-state index contributed by atoms with van der Waals surface area (Å²) in [5, 5.41) is 18.6. The van der Waals surface area contributed by atoms with E-state index in [1.54, 1.807) is 23.1 Å². The second kappa shape index (κ2) is 3.55. The number of aromatic hydroxyl groups is 1. The zero-order chi connectivity index (χ0) is 11.0. The van der Waals surface area contributed by atoms with Crippen molar-refractivity contribution in [3.05, 3.63) is 23.8 Å². The highest BCUT2D eigenvalue weighted by Crippen LogP contribution is 2.27. The molecule has 2 N–H and O–H groups in total. The Hall–Kier alpha value is -1.55. The summed E-state index contributed by atoms with van der Waals surface area (Å²) in [5.74, 6) is 0.111. The molecule has 1 aliphatic heterocycles. The number of carbonyl (C=O) groups is 1. The molecule has 1 aliphatic rings. The van der Waals surface area contributed by atoms with Crippen LogP contribution in [0.15, 0.2) is 18.2 Å². The summed E-state index contributed by atoms with van der Waals surface area (Å²) < 4.78 is 0. The number of aliphatic hydroxyl groups is 1. The standard InChI is InChI=1S/C11H13NO3/c1-7-4-8(13)2-3-10(7)12-6-9(14)5-11(12)15/h2-4,9,13-14H,5-6H2,1H3. The van der Waals surface area contributed by atoms with E-state index in [1.165, 1.54) is 0 Å².